The highest BCUT2D eigenvalue weighted by molar-refractivity contribution is 7.99. The summed E-state index contributed by atoms with van der Waals surface area (Å²) in [7, 11) is 0. The predicted molar refractivity (Wildman–Crippen MR) is 73.3 cm³/mol. The van der Waals surface area contributed by atoms with Crippen LogP contribution in [0.2, 0.25) is 0 Å². The highest BCUT2D eigenvalue weighted by Crippen LogP contribution is 2.20. The van der Waals surface area contributed by atoms with Crippen molar-refractivity contribution in [2.75, 3.05) is 12.3 Å². The summed E-state index contributed by atoms with van der Waals surface area (Å²) in [6.45, 7) is 6.19. The van der Waals surface area contributed by atoms with Crippen molar-refractivity contribution in [1.82, 2.24) is 4.98 Å². The first kappa shape index (κ1) is 14.5. The molecule has 0 radical (unpaired) electrons. The van der Waals surface area contributed by atoms with E-state index >= 15 is 0 Å². The molecule has 0 bridgehead atoms. The fraction of sp³-hybridized carbons (Fsp3) is 0.615. The molecule has 0 amide bonds. The molecule has 0 aliphatic heterocycles. The minimum Gasteiger partial charge on any atom is -0.389 e. The Morgan fingerprint density at radius 3 is 2.71 bits per heavy atom. The average Bonchev–Trinajstić information content (AvgIpc) is 2.23. The second-order valence-corrected chi connectivity index (χ2v) is 5.89. The van der Waals surface area contributed by atoms with E-state index in [-0.39, 0.29) is 0 Å². The summed E-state index contributed by atoms with van der Waals surface area (Å²) in [5.41, 5.74) is 7.05. The molecule has 0 fully saturated rings. The van der Waals surface area contributed by atoms with Gasteiger partial charge in [-0.2, -0.15) is 0 Å². The predicted octanol–water partition coefficient (Wildman–Crippen LogP) is 2.28. The van der Waals surface area contributed by atoms with Crippen LogP contribution in [0.3, 0.4) is 0 Å². The molecule has 17 heavy (non-hydrogen) atoms. The molecule has 1 rings (SSSR count). The minimum atomic E-state index is -0.726. The molecule has 3 nitrogen and oxygen atoms in total. The van der Waals surface area contributed by atoms with Gasteiger partial charge in [-0.05, 0) is 57.1 Å². The molecule has 4 heteroatoms. The van der Waals surface area contributed by atoms with Crippen molar-refractivity contribution in [3.05, 3.63) is 23.4 Å². The van der Waals surface area contributed by atoms with Gasteiger partial charge in [-0.1, -0.05) is 0 Å². The lowest BCUT2D eigenvalue weighted by Crippen LogP contribution is -2.34. The summed E-state index contributed by atoms with van der Waals surface area (Å²) in [5.74, 6) is 0.964. The Morgan fingerprint density at radius 1 is 1.41 bits per heavy atom. The lowest BCUT2D eigenvalue weighted by molar-refractivity contribution is 0.0596. The summed E-state index contributed by atoms with van der Waals surface area (Å²) in [4.78, 5) is 4.46. The number of aromatic nitrogens is 1. The van der Waals surface area contributed by atoms with Crippen LogP contribution in [0.15, 0.2) is 17.2 Å². The van der Waals surface area contributed by atoms with Crippen molar-refractivity contribution in [2.45, 2.75) is 44.2 Å². The Morgan fingerprint density at radius 2 is 2.12 bits per heavy atom. The summed E-state index contributed by atoms with van der Waals surface area (Å²) in [6, 6.07) is 4.17. The molecule has 1 aromatic heterocycles. The average molecular weight is 254 g/mol. The number of pyridine rings is 1. The zero-order valence-corrected chi connectivity index (χ0v) is 11.7. The van der Waals surface area contributed by atoms with Crippen LogP contribution in [-0.4, -0.2) is 28.0 Å². The third kappa shape index (κ3) is 5.52. The smallest absolute Gasteiger partial charge is 0.0965 e. The molecular formula is C13H22N2OS. The van der Waals surface area contributed by atoms with Crippen molar-refractivity contribution in [3.63, 3.8) is 0 Å². The number of hydrogen-bond donors (Lipinski definition) is 2. The highest BCUT2D eigenvalue weighted by Gasteiger charge is 2.16. The maximum atomic E-state index is 9.76. The van der Waals surface area contributed by atoms with Gasteiger partial charge >= 0.3 is 0 Å². The van der Waals surface area contributed by atoms with E-state index in [0.717, 1.165) is 29.3 Å². The second-order valence-electron chi connectivity index (χ2n) is 4.78. The van der Waals surface area contributed by atoms with Crippen LogP contribution >= 0.6 is 11.8 Å². The van der Waals surface area contributed by atoms with Crippen LogP contribution in [0.4, 0.5) is 0 Å². The maximum absolute atomic E-state index is 9.76. The number of rotatable bonds is 6. The topological polar surface area (TPSA) is 59.1 Å². The van der Waals surface area contributed by atoms with Gasteiger partial charge < -0.3 is 10.8 Å². The number of hydrogen-bond acceptors (Lipinski definition) is 4. The summed E-state index contributed by atoms with van der Waals surface area (Å²) in [5, 5.41) is 10.8. The van der Waals surface area contributed by atoms with Crippen LogP contribution in [0, 0.1) is 13.8 Å². The third-order valence-corrected chi connectivity index (χ3v) is 3.62. The van der Waals surface area contributed by atoms with Gasteiger partial charge in [0.2, 0.25) is 0 Å². The molecule has 96 valence electrons. The molecule has 0 aliphatic carbocycles. The quantitative estimate of drug-likeness (QED) is 0.604. The maximum Gasteiger partial charge on any atom is 0.0965 e. The first-order chi connectivity index (χ1) is 7.93. The molecule has 1 unspecified atom stereocenters. The number of aliphatic hydroxyl groups is 1. The van der Waals surface area contributed by atoms with E-state index in [1.807, 2.05) is 6.92 Å². The molecule has 1 heterocycles. The number of nitrogens with zero attached hydrogens (tertiary/aromatic N) is 1. The summed E-state index contributed by atoms with van der Waals surface area (Å²) >= 11 is 1.74. The molecule has 0 saturated carbocycles. The highest BCUT2D eigenvalue weighted by atomic mass is 32.2. The van der Waals surface area contributed by atoms with Crippen molar-refractivity contribution in [1.29, 1.82) is 0 Å². The van der Waals surface area contributed by atoms with Crippen LogP contribution < -0.4 is 5.73 Å². The Balaban J connectivity index is 2.36. The molecule has 0 aromatic carbocycles. The van der Waals surface area contributed by atoms with Crippen LogP contribution in [0.5, 0.6) is 0 Å². The summed E-state index contributed by atoms with van der Waals surface area (Å²) in [6.07, 6.45) is 1.69. The fourth-order valence-electron chi connectivity index (χ4n) is 1.61. The van der Waals surface area contributed by atoms with Crippen molar-refractivity contribution < 1.29 is 5.11 Å². The van der Waals surface area contributed by atoms with E-state index in [2.05, 4.69) is 24.0 Å². The number of nitrogens with two attached hydrogens (primary N) is 1. The molecule has 3 N–H and O–H groups in total. The molecule has 0 spiro atoms. The first-order valence-corrected chi connectivity index (χ1v) is 6.92. The van der Waals surface area contributed by atoms with Crippen molar-refractivity contribution >= 4 is 11.8 Å². The monoisotopic (exact) mass is 254 g/mol. The van der Waals surface area contributed by atoms with Gasteiger partial charge in [0.05, 0.1) is 10.6 Å². The molecule has 1 atom stereocenters. The Kier molecular flexibility index (Phi) is 5.43. The van der Waals surface area contributed by atoms with E-state index in [0.29, 0.717) is 6.54 Å². The lowest BCUT2D eigenvalue weighted by Gasteiger charge is -2.20. The molecule has 0 saturated heterocycles. The fourth-order valence-corrected chi connectivity index (χ4v) is 2.59. The van der Waals surface area contributed by atoms with E-state index in [1.165, 1.54) is 5.56 Å². The Bertz CT molecular complexity index is 346. The van der Waals surface area contributed by atoms with E-state index < -0.39 is 5.60 Å². The van der Waals surface area contributed by atoms with Gasteiger partial charge in [0.25, 0.3) is 0 Å². The standard InChI is InChI=1S/C13H22N2OS/c1-10-7-11(2)15-12(8-10)17-6-4-5-13(3,16)9-14/h7-8,16H,4-6,9,14H2,1-3H3. The van der Waals surface area contributed by atoms with Gasteiger partial charge in [0, 0.05) is 12.2 Å². The van der Waals surface area contributed by atoms with Crippen LogP contribution in [0.25, 0.3) is 0 Å². The Hall–Kier alpha value is -0.580. The normalized spacial score (nSPS) is 14.6. The van der Waals surface area contributed by atoms with E-state index in [4.69, 9.17) is 5.73 Å². The minimum absolute atomic E-state index is 0.319. The van der Waals surface area contributed by atoms with Gasteiger partial charge in [-0.3, -0.25) is 0 Å². The zero-order valence-electron chi connectivity index (χ0n) is 10.9. The first-order valence-electron chi connectivity index (χ1n) is 5.93. The van der Waals surface area contributed by atoms with Gasteiger partial charge in [-0.15, -0.1) is 11.8 Å². The zero-order chi connectivity index (χ0) is 12.9. The largest absolute Gasteiger partial charge is 0.389 e. The van der Waals surface area contributed by atoms with Gasteiger partial charge in [-0.25, -0.2) is 4.98 Å². The number of aryl methyl sites for hydroxylation is 2. The van der Waals surface area contributed by atoms with Crippen molar-refractivity contribution in [2.24, 2.45) is 5.73 Å². The van der Waals surface area contributed by atoms with Crippen LogP contribution in [-0.2, 0) is 0 Å². The SMILES string of the molecule is Cc1cc(C)nc(SCCCC(C)(O)CN)c1. The van der Waals surface area contributed by atoms with Crippen molar-refractivity contribution in [3.8, 4) is 0 Å². The lowest BCUT2D eigenvalue weighted by atomic mass is 10.0. The second kappa shape index (κ2) is 6.38. The van der Waals surface area contributed by atoms with Crippen LogP contribution in [0.1, 0.15) is 31.0 Å². The Labute approximate surface area is 108 Å². The van der Waals surface area contributed by atoms with E-state index in [1.54, 1.807) is 18.7 Å². The molecular weight excluding hydrogens is 232 g/mol. The molecule has 1 aromatic rings. The third-order valence-electron chi connectivity index (χ3n) is 2.62. The van der Waals surface area contributed by atoms with E-state index in [9.17, 15) is 5.11 Å². The molecule has 0 aliphatic rings. The summed E-state index contributed by atoms with van der Waals surface area (Å²) < 4.78 is 0. The van der Waals surface area contributed by atoms with Gasteiger partial charge in [0.1, 0.15) is 0 Å². The van der Waals surface area contributed by atoms with Gasteiger partial charge in [0.15, 0.2) is 0 Å². The number of thioether (sulfide) groups is 1.